The monoisotopic (exact) mass is 2130 g/mol. The fourth-order valence-electron chi connectivity index (χ4n) is 14.1. The van der Waals surface area contributed by atoms with Crippen molar-refractivity contribution < 1.29 is 193 Å². The van der Waals surface area contributed by atoms with Crippen molar-refractivity contribution in [3.8, 4) is 0 Å². The molecule has 1 amide bonds. The number of aliphatic hydroxyl groups is 7. The number of amides is 1. The zero-order chi connectivity index (χ0) is 106. The summed E-state index contributed by atoms with van der Waals surface area (Å²) in [4.78, 5) is 72.4. The summed E-state index contributed by atoms with van der Waals surface area (Å²) in [5.41, 5.74) is -0.433. The predicted molar refractivity (Wildman–Crippen MR) is 546 cm³/mol. The van der Waals surface area contributed by atoms with Crippen LogP contribution in [0.2, 0.25) is 0 Å². The van der Waals surface area contributed by atoms with Crippen LogP contribution in [-0.4, -0.2) is 418 Å². The highest BCUT2D eigenvalue weighted by Gasteiger charge is 2.59. The number of unbranched alkanes of at least 4 members (excludes halogenated alkanes) is 4. The van der Waals surface area contributed by atoms with Gasteiger partial charge in [-0.15, -0.1) is 0 Å². The summed E-state index contributed by atoms with van der Waals surface area (Å²) in [6.45, 7) is 18.2. The van der Waals surface area contributed by atoms with Gasteiger partial charge in [0.25, 0.3) is 5.08 Å². The van der Waals surface area contributed by atoms with Crippen molar-refractivity contribution in [3.63, 3.8) is 0 Å². The molecule has 0 saturated carbocycles. The van der Waals surface area contributed by atoms with Crippen molar-refractivity contribution >= 4 is 33.0 Å². The Hall–Kier alpha value is -4.01. The smallest absolute Gasteiger partial charge is 0.369 e. The number of esters is 2. The standard InChI is InChI=1S/C51H94O16.C45H82O16.C5H13NO8P2.CH4/c1-53-24-12-13-31-60-40-50(42-62-33-15-25-54-2,43-63-34-16-26-55-3)41-61-32-14-23-48(49(52)67-38-47-20-8-7-9-21-47)22-10-11-30-59-39-51(44-64-35-17-27-56-4,45-65-36-18-28-57-5)46-66-37-19-29-58-6;46-18-5-7-25-54-34-44(36-56-27-9-19-47,37-57-28-10-20-48)35-55-26-8-17-42(43(52)61-32-41-14-2-1-3-15-41)16-4-6-24-53-33-45(38-58-29-11-21-49,39-59-30-12-22-50)40-60-31-13-23-51;1-4(7)6-3-2-5(8,15(9,10)11)16(12,13)14;/h7-9,20-21,48H,10-19,22-46H2,1-6H3;1-3,14-15,42,46-51H,4-13,16-40H2;8H,2-3H2,1H3,(H,6,7)(H2,9,10,11)(H2,12,13,14);1H4. The van der Waals surface area contributed by atoms with Gasteiger partial charge in [-0.25, -0.2) is 0 Å². The minimum absolute atomic E-state index is 0. The number of methoxy groups -OCH3 is 6. The van der Waals surface area contributed by atoms with Gasteiger partial charge in [-0.1, -0.05) is 80.9 Å². The maximum Gasteiger partial charge on any atom is 0.369 e. The molecule has 0 radical (unpaired) electrons. The SMILES string of the molecule is C.CC(=O)NCCC(O)(P(=O)(O)O)P(=O)(O)O.COCCCCOCC(COCCCOC)(COCCCOC)COCCCC(CCCCOCC(COCCCOC)(COCCCOC)COCCCOC)C(=O)OCc1ccccc1.O=C(OCc1ccccc1)C(CCCCOCC(COCCCO)(COCCCO)COCCCO)CCCOCC(COCCCO)(COCCCO)COCCCCO. The maximum atomic E-state index is 13.7. The molecule has 0 fully saturated rings. The highest BCUT2D eigenvalue weighted by atomic mass is 31.2. The van der Waals surface area contributed by atoms with Gasteiger partial charge < -0.3 is 174 Å². The van der Waals surface area contributed by atoms with Gasteiger partial charge in [-0.2, -0.15) is 0 Å². The molecule has 0 aliphatic carbocycles. The van der Waals surface area contributed by atoms with E-state index in [9.17, 15) is 59.3 Å². The quantitative estimate of drug-likeness (QED) is 0.0167. The van der Waals surface area contributed by atoms with E-state index < -0.39 is 60.8 Å². The third-order valence-electron chi connectivity index (χ3n) is 22.3. The lowest BCUT2D eigenvalue weighted by Crippen LogP contribution is -2.42. The summed E-state index contributed by atoms with van der Waals surface area (Å²) < 4.78 is 162. The Labute approximate surface area is 865 Å². The van der Waals surface area contributed by atoms with E-state index in [1.54, 1.807) is 42.7 Å². The number of benzene rings is 2. The molecule has 0 aliphatic heterocycles. The van der Waals surface area contributed by atoms with Crippen molar-refractivity contribution in [1.29, 1.82) is 0 Å². The molecule has 43 heteroatoms. The Balaban J connectivity index is 0. The Bertz CT molecular complexity index is 3140. The molecule has 2 atom stereocenters. The van der Waals surface area contributed by atoms with Crippen LogP contribution >= 0.6 is 15.2 Å². The van der Waals surface area contributed by atoms with E-state index >= 15 is 0 Å². The molecule has 0 spiro atoms. The summed E-state index contributed by atoms with van der Waals surface area (Å²) in [5.74, 6) is -1.66. The van der Waals surface area contributed by atoms with E-state index in [0.29, 0.717) is 301 Å². The van der Waals surface area contributed by atoms with Gasteiger partial charge in [0.1, 0.15) is 13.2 Å². The molecule has 0 bridgehead atoms. The van der Waals surface area contributed by atoms with E-state index in [1.165, 1.54) is 0 Å². The first-order valence-electron chi connectivity index (χ1n) is 51.1. The number of hydrogen-bond acceptors (Lipinski definition) is 36. The summed E-state index contributed by atoms with van der Waals surface area (Å²) >= 11 is 0. The number of aliphatic hydroxyl groups excluding tert-OH is 6. The van der Waals surface area contributed by atoms with Crippen LogP contribution in [0.3, 0.4) is 0 Å². The molecule has 0 saturated heterocycles. The Kier molecular flexibility index (Phi) is 96.8. The second kappa shape index (κ2) is 98.2. The van der Waals surface area contributed by atoms with Gasteiger partial charge >= 0.3 is 27.1 Å². The predicted octanol–water partition coefficient (Wildman–Crippen LogP) is 9.25. The largest absolute Gasteiger partial charge is 0.461 e. The second-order valence-corrected chi connectivity index (χ2v) is 40.0. The first-order valence-corrected chi connectivity index (χ1v) is 54.3. The van der Waals surface area contributed by atoms with Crippen LogP contribution in [0.5, 0.6) is 0 Å². The van der Waals surface area contributed by atoms with Crippen LogP contribution in [-0.2, 0) is 150 Å². The highest BCUT2D eigenvalue weighted by molar-refractivity contribution is 7.72. The van der Waals surface area contributed by atoms with E-state index in [0.717, 1.165) is 82.3 Å². The van der Waals surface area contributed by atoms with Gasteiger partial charge in [-0.05, 0) is 152 Å². The molecule has 2 unspecified atom stereocenters. The zero-order valence-corrected chi connectivity index (χ0v) is 89.8. The molecule has 0 aliphatic rings. The second-order valence-electron chi connectivity index (χ2n) is 36.0. The number of ether oxygens (including phenoxy) is 24. The molecule has 41 nitrogen and oxygen atoms in total. The molecule has 0 aromatic heterocycles. The van der Waals surface area contributed by atoms with Crippen molar-refractivity contribution in [2.24, 2.45) is 33.5 Å². The number of nitrogens with one attached hydrogen (secondary N) is 1. The van der Waals surface area contributed by atoms with Gasteiger partial charge in [0.15, 0.2) is 0 Å². The fraction of sp³-hybridized carbons (Fsp3) is 0.853. The topological polar surface area (TPSA) is 541 Å². The Morgan fingerprint density at radius 3 is 0.697 bits per heavy atom. The number of carbonyl (C=O) groups excluding carboxylic acids is 3. The van der Waals surface area contributed by atoms with E-state index in [1.807, 2.05) is 60.7 Å². The Morgan fingerprint density at radius 2 is 0.476 bits per heavy atom. The summed E-state index contributed by atoms with van der Waals surface area (Å²) in [6.07, 6.45) is 15.4. The van der Waals surface area contributed by atoms with Gasteiger partial charge in [0, 0.05) is 248 Å². The average Bonchev–Trinajstić information content (AvgIpc) is 0.772. The van der Waals surface area contributed by atoms with Crippen molar-refractivity contribution in [3.05, 3.63) is 71.8 Å². The number of rotatable bonds is 105. The molecule has 12 N–H and O–H groups in total. The zero-order valence-electron chi connectivity index (χ0n) is 88.0. The lowest BCUT2D eigenvalue weighted by atomic mass is 9.92. The number of hydrogen-bond donors (Lipinski definition) is 12. The van der Waals surface area contributed by atoms with Crippen LogP contribution in [0.15, 0.2) is 60.7 Å². The van der Waals surface area contributed by atoms with Crippen LogP contribution < -0.4 is 5.32 Å². The van der Waals surface area contributed by atoms with E-state index in [-0.39, 0.29) is 124 Å². The third kappa shape index (κ3) is 77.9. The van der Waals surface area contributed by atoms with Crippen LogP contribution in [0.4, 0.5) is 0 Å². The first-order chi connectivity index (χ1) is 69.8. The summed E-state index contributed by atoms with van der Waals surface area (Å²) in [6, 6.07) is 19.4. The van der Waals surface area contributed by atoms with Crippen molar-refractivity contribution in [2.75, 3.05) is 340 Å². The minimum atomic E-state index is -5.43. The molecular formula is C102H193NO40P2. The van der Waals surface area contributed by atoms with Crippen molar-refractivity contribution in [1.82, 2.24) is 5.32 Å². The Morgan fingerprint density at radius 1 is 0.283 bits per heavy atom. The molecular weight excluding hydrogens is 1940 g/mol. The van der Waals surface area contributed by atoms with Crippen molar-refractivity contribution in [2.45, 2.75) is 193 Å². The first kappa shape index (κ1) is 143. The minimum Gasteiger partial charge on any atom is -0.461 e. The lowest BCUT2D eigenvalue weighted by molar-refractivity contribution is -0.151. The average molecular weight is 2140 g/mol. The summed E-state index contributed by atoms with van der Waals surface area (Å²) in [7, 11) is -0.700. The summed E-state index contributed by atoms with van der Waals surface area (Å²) in [5, 5.41) is 63.3. The van der Waals surface area contributed by atoms with E-state index in [4.69, 9.17) is 133 Å². The highest BCUT2D eigenvalue weighted by Crippen LogP contribution is 2.68. The van der Waals surface area contributed by atoms with Crippen LogP contribution in [0.1, 0.15) is 186 Å². The van der Waals surface area contributed by atoms with Crippen LogP contribution in [0.25, 0.3) is 0 Å². The number of carbonyl (C=O) groups is 3. The molecule has 2 aromatic rings. The van der Waals surface area contributed by atoms with Gasteiger partial charge in [0.05, 0.1) is 139 Å². The molecule has 145 heavy (non-hydrogen) atoms. The molecule has 2 rings (SSSR count). The molecule has 856 valence electrons. The molecule has 0 heterocycles. The maximum absolute atomic E-state index is 13.7. The van der Waals surface area contributed by atoms with E-state index in [2.05, 4.69) is 5.32 Å². The normalized spacial score (nSPS) is 12.6. The lowest BCUT2D eigenvalue weighted by Gasteiger charge is -2.33. The molecule has 2 aromatic carbocycles. The third-order valence-corrected chi connectivity index (χ3v) is 26.2. The van der Waals surface area contributed by atoms with Gasteiger partial charge in [-0.3, -0.25) is 23.5 Å². The van der Waals surface area contributed by atoms with Gasteiger partial charge in [0.2, 0.25) is 5.91 Å². The van der Waals surface area contributed by atoms with Crippen LogP contribution in [0, 0.1) is 33.5 Å². The fourth-order valence-corrected chi connectivity index (χ4v) is 16.3.